The van der Waals surface area contributed by atoms with Gasteiger partial charge in [-0.2, -0.15) is 5.10 Å². The molecular weight excluding hydrogens is 267 g/mol. The van der Waals surface area contributed by atoms with Crippen LogP contribution >= 0.6 is 23.2 Å². The van der Waals surface area contributed by atoms with Crippen molar-refractivity contribution in [2.75, 3.05) is 0 Å². The van der Waals surface area contributed by atoms with Crippen molar-refractivity contribution in [1.82, 2.24) is 10.2 Å². The van der Waals surface area contributed by atoms with Crippen LogP contribution in [0.5, 0.6) is 0 Å². The van der Waals surface area contributed by atoms with Crippen LogP contribution in [0.15, 0.2) is 24.5 Å². The summed E-state index contributed by atoms with van der Waals surface area (Å²) in [5, 5.41) is 8.32. The number of hydrogen-bond donors (Lipinski definition) is 1. The lowest BCUT2D eigenvalue weighted by atomic mass is 10.0. The maximum Gasteiger partial charge on any atom is 0.0522 e. The van der Waals surface area contributed by atoms with E-state index < -0.39 is 0 Å². The summed E-state index contributed by atoms with van der Waals surface area (Å²) in [6.45, 7) is 2.16. The van der Waals surface area contributed by atoms with Crippen molar-refractivity contribution in [3.05, 3.63) is 51.3 Å². The fourth-order valence-electron chi connectivity index (χ4n) is 1.96. The van der Waals surface area contributed by atoms with Crippen LogP contribution in [0.25, 0.3) is 0 Å². The number of hydrogen-bond acceptors (Lipinski definition) is 1. The minimum Gasteiger partial charge on any atom is -0.285 e. The molecule has 0 fully saturated rings. The summed E-state index contributed by atoms with van der Waals surface area (Å²) < 4.78 is 0. The number of aromatic amines is 1. The summed E-state index contributed by atoms with van der Waals surface area (Å²) in [5.74, 6) is 0. The largest absolute Gasteiger partial charge is 0.285 e. The zero-order valence-electron chi connectivity index (χ0n) is 10.3. The number of nitrogens with one attached hydrogen (secondary N) is 1. The van der Waals surface area contributed by atoms with Gasteiger partial charge in [-0.3, -0.25) is 5.10 Å². The number of rotatable bonds is 5. The molecule has 1 heterocycles. The standard InChI is InChI=1S/C14H16Cl2N2/c1-2-3-4-12-13(15)6-5-11(14(12)16)7-10-8-17-18-9-10/h5-6,8-9H,2-4,7H2,1H3,(H,17,18). The minimum atomic E-state index is 0.768. The molecule has 0 atom stereocenters. The molecule has 0 unspecified atom stereocenters. The Bertz CT molecular complexity index is 507. The van der Waals surface area contributed by atoms with E-state index in [0.717, 1.165) is 52.4 Å². The second kappa shape index (κ2) is 6.26. The van der Waals surface area contributed by atoms with Gasteiger partial charge < -0.3 is 0 Å². The SMILES string of the molecule is CCCCc1c(Cl)ccc(Cc2cn[nH]c2)c1Cl. The first-order valence-corrected chi connectivity index (χ1v) is 6.91. The van der Waals surface area contributed by atoms with Gasteiger partial charge in [0.15, 0.2) is 0 Å². The lowest BCUT2D eigenvalue weighted by Crippen LogP contribution is -1.95. The molecule has 0 aliphatic carbocycles. The van der Waals surface area contributed by atoms with Gasteiger partial charge >= 0.3 is 0 Å². The Morgan fingerprint density at radius 1 is 1.28 bits per heavy atom. The maximum atomic E-state index is 6.45. The van der Waals surface area contributed by atoms with E-state index in [0.29, 0.717) is 0 Å². The third-order valence-corrected chi connectivity index (χ3v) is 3.82. The summed E-state index contributed by atoms with van der Waals surface area (Å²) in [6.07, 6.45) is 7.67. The normalized spacial score (nSPS) is 10.8. The highest BCUT2D eigenvalue weighted by atomic mass is 35.5. The molecule has 0 saturated carbocycles. The topological polar surface area (TPSA) is 28.7 Å². The molecule has 4 heteroatoms. The van der Waals surface area contributed by atoms with Gasteiger partial charge in [-0.1, -0.05) is 42.6 Å². The molecule has 1 aromatic carbocycles. The molecule has 1 N–H and O–H groups in total. The molecule has 1 aromatic heterocycles. The molecule has 2 rings (SSSR count). The van der Waals surface area contributed by atoms with E-state index in [-0.39, 0.29) is 0 Å². The van der Waals surface area contributed by atoms with Crippen LogP contribution in [-0.4, -0.2) is 10.2 Å². The molecule has 0 saturated heterocycles. The summed E-state index contributed by atoms with van der Waals surface area (Å²) in [7, 11) is 0. The Balaban J connectivity index is 2.26. The third kappa shape index (κ3) is 3.06. The smallest absolute Gasteiger partial charge is 0.0522 e. The average Bonchev–Trinajstić information content (AvgIpc) is 2.86. The van der Waals surface area contributed by atoms with Gasteiger partial charge in [0.1, 0.15) is 0 Å². The maximum absolute atomic E-state index is 6.45. The molecule has 0 bridgehead atoms. The van der Waals surface area contributed by atoms with Gasteiger partial charge in [0.25, 0.3) is 0 Å². The summed E-state index contributed by atoms with van der Waals surface area (Å²) in [5.41, 5.74) is 3.30. The quantitative estimate of drug-likeness (QED) is 0.850. The molecular formula is C14H16Cl2N2. The second-order valence-corrected chi connectivity index (χ2v) is 5.17. The number of nitrogens with zero attached hydrogens (tertiary/aromatic N) is 1. The van der Waals surface area contributed by atoms with Crippen molar-refractivity contribution >= 4 is 23.2 Å². The van der Waals surface area contributed by atoms with Crippen LogP contribution < -0.4 is 0 Å². The number of aromatic nitrogens is 2. The number of unbranched alkanes of at least 4 members (excludes halogenated alkanes) is 1. The van der Waals surface area contributed by atoms with Gasteiger partial charge in [-0.15, -0.1) is 0 Å². The Morgan fingerprint density at radius 3 is 2.78 bits per heavy atom. The molecule has 96 valence electrons. The van der Waals surface area contributed by atoms with E-state index in [2.05, 4.69) is 17.1 Å². The van der Waals surface area contributed by atoms with E-state index in [4.69, 9.17) is 23.2 Å². The van der Waals surface area contributed by atoms with Gasteiger partial charge in [0, 0.05) is 22.7 Å². The van der Waals surface area contributed by atoms with Crippen LogP contribution in [0.2, 0.25) is 10.0 Å². The Morgan fingerprint density at radius 2 is 2.11 bits per heavy atom. The van der Waals surface area contributed by atoms with E-state index in [9.17, 15) is 0 Å². The average molecular weight is 283 g/mol. The van der Waals surface area contributed by atoms with Crippen molar-refractivity contribution < 1.29 is 0 Å². The minimum absolute atomic E-state index is 0.768. The molecule has 0 aliphatic rings. The summed E-state index contributed by atoms with van der Waals surface area (Å²) in [4.78, 5) is 0. The van der Waals surface area contributed by atoms with Crippen LogP contribution in [0.4, 0.5) is 0 Å². The fourth-order valence-corrected chi connectivity index (χ4v) is 2.59. The molecule has 2 aromatic rings. The van der Waals surface area contributed by atoms with Gasteiger partial charge in [-0.05, 0) is 35.6 Å². The van der Waals surface area contributed by atoms with Gasteiger partial charge in [0.2, 0.25) is 0 Å². The van der Waals surface area contributed by atoms with Crippen molar-refractivity contribution in [1.29, 1.82) is 0 Å². The van der Waals surface area contributed by atoms with Crippen LogP contribution in [0.1, 0.15) is 36.5 Å². The highest BCUT2D eigenvalue weighted by Crippen LogP contribution is 2.30. The zero-order chi connectivity index (χ0) is 13.0. The van der Waals surface area contributed by atoms with Crippen LogP contribution in [0.3, 0.4) is 0 Å². The molecule has 0 aliphatic heterocycles. The van der Waals surface area contributed by atoms with E-state index in [1.807, 2.05) is 24.5 Å². The van der Waals surface area contributed by atoms with Gasteiger partial charge in [-0.25, -0.2) is 0 Å². The first kappa shape index (κ1) is 13.4. The van der Waals surface area contributed by atoms with Crippen molar-refractivity contribution in [2.24, 2.45) is 0 Å². The second-order valence-electron chi connectivity index (χ2n) is 4.39. The van der Waals surface area contributed by atoms with E-state index in [1.165, 1.54) is 0 Å². The Kier molecular flexibility index (Phi) is 4.67. The molecule has 18 heavy (non-hydrogen) atoms. The molecule has 0 spiro atoms. The Hall–Kier alpha value is -0.990. The highest BCUT2D eigenvalue weighted by molar-refractivity contribution is 6.36. The lowest BCUT2D eigenvalue weighted by molar-refractivity contribution is 0.794. The number of halogens is 2. The summed E-state index contributed by atoms with van der Waals surface area (Å²) in [6, 6.07) is 3.93. The lowest BCUT2D eigenvalue weighted by Gasteiger charge is -2.11. The van der Waals surface area contributed by atoms with Crippen molar-refractivity contribution in [3.63, 3.8) is 0 Å². The molecule has 0 amide bonds. The van der Waals surface area contributed by atoms with Crippen molar-refractivity contribution in [2.45, 2.75) is 32.6 Å². The van der Waals surface area contributed by atoms with E-state index >= 15 is 0 Å². The number of H-pyrrole nitrogens is 1. The number of benzene rings is 1. The first-order chi connectivity index (χ1) is 8.72. The van der Waals surface area contributed by atoms with Gasteiger partial charge in [0.05, 0.1) is 6.20 Å². The molecule has 0 radical (unpaired) electrons. The first-order valence-electron chi connectivity index (χ1n) is 6.15. The monoisotopic (exact) mass is 282 g/mol. The van der Waals surface area contributed by atoms with Crippen LogP contribution in [-0.2, 0) is 12.8 Å². The molecule has 2 nitrogen and oxygen atoms in total. The predicted octanol–water partition coefficient (Wildman–Crippen LogP) is 4.65. The predicted molar refractivity (Wildman–Crippen MR) is 76.5 cm³/mol. The van der Waals surface area contributed by atoms with Crippen LogP contribution in [0, 0.1) is 0 Å². The van der Waals surface area contributed by atoms with E-state index in [1.54, 1.807) is 0 Å². The highest BCUT2D eigenvalue weighted by Gasteiger charge is 2.11. The zero-order valence-corrected chi connectivity index (χ0v) is 11.9. The summed E-state index contributed by atoms with van der Waals surface area (Å²) >= 11 is 12.7. The van der Waals surface area contributed by atoms with Crippen molar-refractivity contribution in [3.8, 4) is 0 Å². The third-order valence-electron chi connectivity index (χ3n) is 3.00. The fraction of sp³-hybridized carbons (Fsp3) is 0.357. The Labute approximate surface area is 117 Å².